The number of anilines is 1. The van der Waals surface area contributed by atoms with E-state index in [0.29, 0.717) is 18.5 Å². The fourth-order valence-electron chi connectivity index (χ4n) is 3.74. The number of aliphatic carboxylic acids is 1. The summed E-state index contributed by atoms with van der Waals surface area (Å²) in [5.41, 5.74) is -0.311. The molecule has 4 rings (SSSR count). The lowest BCUT2D eigenvalue weighted by Gasteiger charge is -2.31. The van der Waals surface area contributed by atoms with Gasteiger partial charge in [-0.1, -0.05) is 53.7 Å². The molecule has 0 radical (unpaired) electrons. The zero-order valence-corrected chi connectivity index (χ0v) is 17.9. The second kappa shape index (κ2) is 10.1. The summed E-state index contributed by atoms with van der Waals surface area (Å²) in [6.07, 6.45) is 3.60. The number of para-hydroxylation sites is 1. The van der Waals surface area contributed by atoms with Gasteiger partial charge in [-0.25, -0.2) is 4.79 Å². The van der Waals surface area contributed by atoms with Crippen LogP contribution in [0.1, 0.15) is 37.0 Å². The molecule has 1 fully saturated rings. The highest BCUT2D eigenvalue weighted by atomic mass is 16.7. The lowest BCUT2D eigenvalue weighted by atomic mass is 10.0. The van der Waals surface area contributed by atoms with Gasteiger partial charge in [0.15, 0.2) is 5.76 Å². The van der Waals surface area contributed by atoms with Crippen LogP contribution in [0.25, 0.3) is 0 Å². The van der Waals surface area contributed by atoms with E-state index >= 15 is 0 Å². The number of benzene rings is 2. The summed E-state index contributed by atoms with van der Waals surface area (Å²) in [5, 5.41) is 14.6. The first-order valence-corrected chi connectivity index (χ1v) is 10.7. The molecule has 0 saturated heterocycles. The summed E-state index contributed by atoms with van der Waals surface area (Å²) in [6, 6.07) is 21.5. The van der Waals surface area contributed by atoms with Gasteiger partial charge in [0.25, 0.3) is 5.91 Å². The molecule has 0 unspecified atom stereocenters. The van der Waals surface area contributed by atoms with Crippen LogP contribution in [-0.2, 0) is 25.9 Å². The summed E-state index contributed by atoms with van der Waals surface area (Å²) in [5.74, 6) is -1.70. The van der Waals surface area contributed by atoms with Crippen molar-refractivity contribution in [3.63, 3.8) is 0 Å². The number of hydroxylamine groups is 1. The number of carbonyl (C=O) groups is 2. The predicted molar refractivity (Wildman–Crippen MR) is 120 cm³/mol. The van der Waals surface area contributed by atoms with Gasteiger partial charge in [0.1, 0.15) is 6.61 Å². The summed E-state index contributed by atoms with van der Waals surface area (Å²) < 4.78 is 5.16. The Morgan fingerprint density at radius 1 is 0.970 bits per heavy atom. The number of oxime groups is 1. The van der Waals surface area contributed by atoms with Crippen LogP contribution in [-0.4, -0.2) is 28.3 Å². The quantitative estimate of drug-likeness (QED) is 0.380. The van der Waals surface area contributed by atoms with Gasteiger partial charge in [0.2, 0.25) is 11.3 Å². The largest absolute Gasteiger partial charge is 0.476 e. The minimum absolute atomic E-state index is 0.0448. The third-order valence-corrected chi connectivity index (χ3v) is 5.45. The van der Waals surface area contributed by atoms with E-state index < -0.39 is 23.2 Å². The molecule has 1 amide bonds. The van der Waals surface area contributed by atoms with E-state index in [2.05, 4.69) is 5.16 Å². The molecule has 1 N–H and O–H groups in total. The van der Waals surface area contributed by atoms with Crippen LogP contribution >= 0.6 is 0 Å². The van der Waals surface area contributed by atoms with E-state index in [1.165, 1.54) is 17.4 Å². The third-order valence-electron chi connectivity index (χ3n) is 5.45. The van der Waals surface area contributed by atoms with Crippen LogP contribution in [0, 0.1) is 0 Å². The first kappa shape index (κ1) is 22.3. The molecule has 0 bridgehead atoms. The number of hydrogen-bond acceptors (Lipinski definition) is 6. The van der Waals surface area contributed by atoms with E-state index in [4.69, 9.17) is 14.1 Å². The summed E-state index contributed by atoms with van der Waals surface area (Å²) in [7, 11) is 0. The van der Waals surface area contributed by atoms with Gasteiger partial charge >= 0.3 is 5.97 Å². The summed E-state index contributed by atoms with van der Waals surface area (Å²) >= 11 is 0. The molecule has 170 valence electrons. The number of furan rings is 1. The molecule has 1 heterocycles. The van der Waals surface area contributed by atoms with E-state index in [0.717, 1.165) is 18.4 Å². The minimum Gasteiger partial charge on any atom is -0.476 e. The average Bonchev–Trinajstić information content (AvgIpc) is 3.54. The van der Waals surface area contributed by atoms with Crippen molar-refractivity contribution in [2.24, 2.45) is 5.16 Å². The van der Waals surface area contributed by atoms with Crippen LogP contribution in [0.4, 0.5) is 5.69 Å². The molecule has 33 heavy (non-hydrogen) atoms. The summed E-state index contributed by atoms with van der Waals surface area (Å²) in [4.78, 5) is 37.2. The van der Waals surface area contributed by atoms with Crippen molar-refractivity contribution in [2.75, 3.05) is 5.06 Å². The van der Waals surface area contributed by atoms with Crippen LogP contribution in [0.5, 0.6) is 0 Å². The second-order valence-corrected chi connectivity index (χ2v) is 7.71. The lowest BCUT2D eigenvalue weighted by molar-refractivity contribution is -0.152. The molecule has 1 aliphatic rings. The monoisotopic (exact) mass is 448 g/mol. The number of carbonyl (C=O) groups excluding carboxylic acids is 1. The zero-order chi connectivity index (χ0) is 23.1. The molecule has 1 aliphatic carbocycles. The van der Waals surface area contributed by atoms with Crippen LogP contribution in [0.15, 0.2) is 88.6 Å². The Kier molecular flexibility index (Phi) is 6.85. The molecule has 0 spiro atoms. The molecular formula is C25H24N2O6. The van der Waals surface area contributed by atoms with Gasteiger partial charge in [-0.2, -0.15) is 5.06 Å². The lowest BCUT2D eigenvalue weighted by Crippen LogP contribution is -2.49. The fraction of sp³-hybridized carbons (Fsp3) is 0.240. The number of hydrogen-bond donors (Lipinski definition) is 1. The van der Waals surface area contributed by atoms with Gasteiger partial charge in [-0.15, -0.1) is 0 Å². The zero-order valence-electron chi connectivity index (χ0n) is 17.9. The van der Waals surface area contributed by atoms with Crippen molar-refractivity contribution < 1.29 is 28.8 Å². The first-order chi connectivity index (χ1) is 16.1. The van der Waals surface area contributed by atoms with E-state index in [1.54, 1.807) is 30.3 Å². The molecule has 3 aromatic rings. The van der Waals surface area contributed by atoms with Gasteiger partial charge in [-0.05, 0) is 55.5 Å². The molecule has 1 aromatic heterocycles. The molecular weight excluding hydrogens is 424 g/mol. The topological polar surface area (TPSA) is 102 Å². The van der Waals surface area contributed by atoms with E-state index in [9.17, 15) is 14.7 Å². The molecule has 1 saturated carbocycles. The Hall–Kier alpha value is -3.91. The van der Waals surface area contributed by atoms with Crippen molar-refractivity contribution >= 4 is 23.3 Å². The Morgan fingerprint density at radius 2 is 1.64 bits per heavy atom. The number of carboxylic acids is 1. The Morgan fingerprint density at radius 3 is 2.24 bits per heavy atom. The fourth-order valence-corrected chi connectivity index (χ4v) is 3.74. The first-order valence-electron chi connectivity index (χ1n) is 10.7. The Bertz CT molecular complexity index is 1090. The van der Waals surface area contributed by atoms with Crippen LogP contribution in [0.2, 0.25) is 0 Å². The maximum Gasteiger partial charge on any atom is 0.361 e. The molecule has 2 aromatic carbocycles. The van der Waals surface area contributed by atoms with Crippen molar-refractivity contribution in [1.29, 1.82) is 0 Å². The van der Waals surface area contributed by atoms with Gasteiger partial charge in [0.05, 0.1) is 12.0 Å². The molecule has 0 atom stereocenters. The highest BCUT2D eigenvalue weighted by molar-refractivity contribution is 6.41. The number of carboxylic acid groups (broad SMARTS) is 1. The maximum absolute atomic E-state index is 13.8. The standard InChI is InChI=1S/C25H24N2O6/c28-23(29)22(21-14-9-17-31-21)26-33-25(15-7-8-16-25)24(30)27(20-12-5-2-6-13-20)32-18-19-10-3-1-4-11-19/h1-6,9-14,17H,7-8,15-16,18H2,(H,28,29). The van der Waals surface area contributed by atoms with Crippen molar-refractivity contribution in [3.8, 4) is 0 Å². The number of amides is 1. The average molecular weight is 448 g/mol. The summed E-state index contributed by atoms with van der Waals surface area (Å²) in [6.45, 7) is 0.174. The molecule has 8 nitrogen and oxygen atoms in total. The number of rotatable bonds is 9. The predicted octanol–water partition coefficient (Wildman–Crippen LogP) is 4.56. The highest BCUT2D eigenvalue weighted by Gasteiger charge is 2.48. The SMILES string of the molecule is O=C(O)C(=NOC1(C(=O)N(OCc2ccccc2)c2ccccc2)CCCC1)c1ccco1. The molecule has 8 heteroatoms. The van der Waals surface area contributed by atoms with Gasteiger partial charge < -0.3 is 14.4 Å². The normalized spacial score (nSPS) is 15.2. The third kappa shape index (κ3) is 5.12. The maximum atomic E-state index is 13.8. The smallest absolute Gasteiger partial charge is 0.361 e. The highest BCUT2D eigenvalue weighted by Crippen LogP contribution is 2.37. The van der Waals surface area contributed by atoms with Crippen LogP contribution < -0.4 is 5.06 Å². The molecule has 0 aliphatic heterocycles. The van der Waals surface area contributed by atoms with Gasteiger partial charge in [-0.3, -0.25) is 9.63 Å². The van der Waals surface area contributed by atoms with E-state index in [1.807, 2.05) is 36.4 Å². The van der Waals surface area contributed by atoms with Crippen molar-refractivity contribution in [2.45, 2.75) is 37.9 Å². The van der Waals surface area contributed by atoms with Gasteiger partial charge in [0, 0.05) is 0 Å². The van der Waals surface area contributed by atoms with Crippen LogP contribution in [0.3, 0.4) is 0 Å². The minimum atomic E-state index is -1.35. The van der Waals surface area contributed by atoms with Crippen molar-refractivity contribution in [3.05, 3.63) is 90.4 Å². The number of nitrogens with zero attached hydrogens (tertiary/aromatic N) is 2. The van der Waals surface area contributed by atoms with Crippen molar-refractivity contribution in [1.82, 2.24) is 0 Å². The van der Waals surface area contributed by atoms with E-state index in [-0.39, 0.29) is 12.4 Å². The second-order valence-electron chi connectivity index (χ2n) is 7.71. The Balaban J connectivity index is 1.63. The Labute approximate surface area is 191 Å².